The number of hydrogen-bond donors (Lipinski definition) is 0. The first kappa shape index (κ1) is 18.2. The van der Waals surface area contributed by atoms with E-state index in [-0.39, 0.29) is 22.9 Å². The standard InChI is InChI=1S/C20H19ClFN3O/c21-17-6-3-7-18(22)16(17)13-20(26)25-10-4-9-24(11-12-25)19-8-2-1-5-15(19)14-23/h1-3,5-8H,4,9-13H2. The molecular weight excluding hydrogens is 353 g/mol. The fraction of sp³-hybridized carbons (Fsp3) is 0.300. The van der Waals surface area contributed by atoms with Crippen molar-refractivity contribution >= 4 is 23.2 Å². The minimum Gasteiger partial charge on any atom is -0.369 e. The van der Waals surface area contributed by atoms with E-state index in [1.165, 1.54) is 12.1 Å². The molecule has 1 amide bonds. The summed E-state index contributed by atoms with van der Waals surface area (Å²) in [5, 5.41) is 9.56. The molecule has 4 nitrogen and oxygen atoms in total. The second kappa shape index (κ2) is 8.20. The third-order valence-corrected chi connectivity index (χ3v) is 4.96. The van der Waals surface area contributed by atoms with Gasteiger partial charge in [0.15, 0.2) is 0 Å². The van der Waals surface area contributed by atoms with Gasteiger partial charge >= 0.3 is 0 Å². The molecule has 1 aliphatic heterocycles. The van der Waals surface area contributed by atoms with Crippen molar-refractivity contribution in [2.45, 2.75) is 12.8 Å². The quantitative estimate of drug-likeness (QED) is 0.827. The van der Waals surface area contributed by atoms with Crippen molar-refractivity contribution in [3.8, 4) is 6.07 Å². The molecule has 0 aromatic heterocycles. The number of nitriles is 1. The predicted octanol–water partition coefficient (Wildman–Crippen LogP) is 3.63. The van der Waals surface area contributed by atoms with Gasteiger partial charge in [-0.3, -0.25) is 4.79 Å². The molecule has 2 aromatic carbocycles. The van der Waals surface area contributed by atoms with Crippen molar-refractivity contribution in [2.75, 3.05) is 31.1 Å². The molecule has 3 rings (SSSR count). The molecule has 1 aliphatic rings. The predicted molar refractivity (Wildman–Crippen MR) is 99.7 cm³/mol. The Labute approximate surface area is 157 Å². The average molecular weight is 372 g/mol. The van der Waals surface area contributed by atoms with Gasteiger partial charge in [0.25, 0.3) is 0 Å². The molecule has 26 heavy (non-hydrogen) atoms. The van der Waals surface area contributed by atoms with Crippen molar-refractivity contribution in [3.63, 3.8) is 0 Å². The molecule has 0 saturated carbocycles. The molecule has 0 bridgehead atoms. The number of anilines is 1. The number of carbonyl (C=O) groups excluding carboxylic acids is 1. The van der Waals surface area contributed by atoms with Crippen LogP contribution in [-0.4, -0.2) is 37.0 Å². The highest BCUT2D eigenvalue weighted by molar-refractivity contribution is 6.31. The monoisotopic (exact) mass is 371 g/mol. The molecule has 0 spiro atoms. The Morgan fingerprint density at radius 3 is 2.69 bits per heavy atom. The third kappa shape index (κ3) is 3.97. The normalized spacial score (nSPS) is 14.7. The minimum absolute atomic E-state index is 0.0414. The zero-order chi connectivity index (χ0) is 18.5. The van der Waals surface area contributed by atoms with Crippen LogP contribution in [0.25, 0.3) is 0 Å². The number of nitrogens with zero attached hydrogens (tertiary/aromatic N) is 3. The fourth-order valence-corrected chi connectivity index (χ4v) is 3.45. The van der Waals surface area contributed by atoms with E-state index >= 15 is 0 Å². The summed E-state index contributed by atoms with van der Waals surface area (Å²) in [6.07, 6.45) is 0.747. The number of hydrogen-bond acceptors (Lipinski definition) is 3. The van der Waals surface area contributed by atoms with Gasteiger partial charge in [0.1, 0.15) is 11.9 Å². The lowest BCUT2D eigenvalue weighted by Crippen LogP contribution is -2.36. The summed E-state index contributed by atoms with van der Waals surface area (Å²) in [4.78, 5) is 16.5. The summed E-state index contributed by atoms with van der Waals surface area (Å²) < 4.78 is 13.9. The molecule has 0 N–H and O–H groups in total. The molecule has 0 atom stereocenters. The Hall–Kier alpha value is -2.58. The lowest BCUT2D eigenvalue weighted by atomic mass is 10.1. The molecule has 6 heteroatoms. The van der Waals surface area contributed by atoms with Crippen LogP contribution in [-0.2, 0) is 11.2 Å². The largest absolute Gasteiger partial charge is 0.369 e. The molecule has 0 aliphatic carbocycles. The summed E-state index contributed by atoms with van der Waals surface area (Å²) >= 11 is 6.03. The second-order valence-corrected chi connectivity index (χ2v) is 6.63. The molecule has 0 radical (unpaired) electrons. The van der Waals surface area contributed by atoms with Gasteiger partial charge in [-0.15, -0.1) is 0 Å². The first-order chi connectivity index (χ1) is 12.6. The number of carbonyl (C=O) groups is 1. The van der Waals surface area contributed by atoms with Crippen molar-refractivity contribution < 1.29 is 9.18 Å². The number of amides is 1. The Morgan fingerprint density at radius 2 is 1.92 bits per heavy atom. The summed E-state index contributed by atoms with van der Waals surface area (Å²) in [6, 6.07) is 14.1. The van der Waals surface area contributed by atoms with Crippen molar-refractivity contribution in [2.24, 2.45) is 0 Å². The van der Waals surface area contributed by atoms with E-state index in [2.05, 4.69) is 11.0 Å². The third-order valence-electron chi connectivity index (χ3n) is 4.60. The molecule has 0 unspecified atom stereocenters. The maximum Gasteiger partial charge on any atom is 0.227 e. The van der Waals surface area contributed by atoms with Crippen molar-refractivity contribution in [1.29, 1.82) is 5.26 Å². The fourth-order valence-electron chi connectivity index (χ4n) is 3.22. The van der Waals surface area contributed by atoms with Crippen molar-refractivity contribution in [1.82, 2.24) is 4.90 Å². The van der Waals surface area contributed by atoms with Crippen LogP contribution < -0.4 is 4.90 Å². The SMILES string of the molecule is N#Cc1ccccc1N1CCCN(C(=O)Cc2c(F)cccc2Cl)CC1. The van der Waals surface area contributed by atoms with Gasteiger partial charge in [0.05, 0.1) is 17.7 Å². The van der Waals surface area contributed by atoms with E-state index < -0.39 is 5.82 Å². The lowest BCUT2D eigenvalue weighted by Gasteiger charge is -2.24. The average Bonchev–Trinajstić information content (AvgIpc) is 2.91. The number of halogens is 2. The van der Waals surface area contributed by atoms with Crippen LogP contribution in [0.3, 0.4) is 0 Å². The van der Waals surface area contributed by atoms with Gasteiger partial charge in [-0.2, -0.15) is 5.26 Å². The van der Waals surface area contributed by atoms with Gasteiger partial charge in [-0.25, -0.2) is 4.39 Å². The Bertz CT molecular complexity index is 829. The van der Waals surface area contributed by atoms with E-state index in [9.17, 15) is 14.4 Å². The molecule has 1 saturated heterocycles. The van der Waals surface area contributed by atoms with Crippen LogP contribution in [0.2, 0.25) is 5.02 Å². The summed E-state index contributed by atoms with van der Waals surface area (Å²) in [7, 11) is 0. The summed E-state index contributed by atoms with van der Waals surface area (Å²) in [5.74, 6) is -0.585. The number of benzene rings is 2. The maximum absolute atomic E-state index is 13.9. The first-order valence-corrected chi connectivity index (χ1v) is 8.92. The van der Waals surface area contributed by atoms with Gasteiger partial charge < -0.3 is 9.80 Å². The van der Waals surface area contributed by atoms with Crippen LogP contribution in [0.15, 0.2) is 42.5 Å². The van der Waals surface area contributed by atoms with E-state index in [4.69, 9.17) is 11.6 Å². The van der Waals surface area contributed by atoms with Gasteiger partial charge in [0, 0.05) is 36.8 Å². The number of rotatable bonds is 3. The zero-order valence-corrected chi connectivity index (χ0v) is 15.0. The Kier molecular flexibility index (Phi) is 5.75. The van der Waals surface area contributed by atoms with Gasteiger partial charge in [-0.05, 0) is 30.7 Å². The summed E-state index contributed by atoms with van der Waals surface area (Å²) in [6.45, 7) is 2.54. The topological polar surface area (TPSA) is 47.3 Å². The lowest BCUT2D eigenvalue weighted by molar-refractivity contribution is -0.130. The van der Waals surface area contributed by atoms with E-state index in [1.807, 2.05) is 18.2 Å². The minimum atomic E-state index is -0.453. The van der Waals surface area contributed by atoms with Crippen LogP contribution in [0, 0.1) is 17.1 Å². The molecule has 1 heterocycles. The maximum atomic E-state index is 13.9. The van der Waals surface area contributed by atoms with Crippen LogP contribution in [0.1, 0.15) is 17.5 Å². The molecule has 134 valence electrons. The Balaban J connectivity index is 1.69. The van der Waals surface area contributed by atoms with Crippen LogP contribution >= 0.6 is 11.6 Å². The highest BCUT2D eigenvalue weighted by atomic mass is 35.5. The van der Waals surface area contributed by atoms with Crippen LogP contribution in [0.4, 0.5) is 10.1 Å². The molecule has 1 fully saturated rings. The van der Waals surface area contributed by atoms with Gasteiger partial charge in [-0.1, -0.05) is 29.8 Å². The van der Waals surface area contributed by atoms with Crippen molar-refractivity contribution in [3.05, 3.63) is 64.4 Å². The van der Waals surface area contributed by atoms with E-state index in [1.54, 1.807) is 17.0 Å². The molecule has 2 aromatic rings. The highest BCUT2D eigenvalue weighted by Crippen LogP contribution is 2.23. The smallest absolute Gasteiger partial charge is 0.227 e. The van der Waals surface area contributed by atoms with Crippen LogP contribution in [0.5, 0.6) is 0 Å². The zero-order valence-electron chi connectivity index (χ0n) is 14.3. The Morgan fingerprint density at radius 1 is 1.12 bits per heavy atom. The van der Waals surface area contributed by atoms with E-state index in [0.717, 1.165) is 18.7 Å². The number of para-hydroxylation sites is 1. The van der Waals surface area contributed by atoms with E-state index in [0.29, 0.717) is 25.2 Å². The first-order valence-electron chi connectivity index (χ1n) is 8.55. The second-order valence-electron chi connectivity index (χ2n) is 6.23. The van der Waals surface area contributed by atoms with Gasteiger partial charge in [0.2, 0.25) is 5.91 Å². The molecular formula is C20H19ClFN3O. The highest BCUT2D eigenvalue weighted by Gasteiger charge is 2.22. The summed E-state index contributed by atoms with van der Waals surface area (Å²) in [5.41, 5.74) is 1.77.